The average Bonchev–Trinajstić information content (AvgIpc) is 2.46. The predicted octanol–water partition coefficient (Wildman–Crippen LogP) is 4.30. The highest BCUT2D eigenvalue weighted by atomic mass is 16.5. The molecule has 0 bridgehead atoms. The van der Waals surface area contributed by atoms with E-state index in [4.69, 9.17) is 4.74 Å². The number of rotatable bonds is 7. The van der Waals surface area contributed by atoms with E-state index in [1.807, 2.05) is 0 Å². The first-order chi connectivity index (χ1) is 8.28. The molecular formula is C16H32O2. The van der Waals surface area contributed by atoms with E-state index in [2.05, 4.69) is 34.6 Å². The Balaban J connectivity index is 2.35. The van der Waals surface area contributed by atoms with Gasteiger partial charge in [-0.3, -0.25) is 0 Å². The summed E-state index contributed by atoms with van der Waals surface area (Å²) < 4.78 is 6.05. The summed E-state index contributed by atoms with van der Waals surface area (Å²) in [4.78, 5) is 0. The minimum absolute atomic E-state index is 0.0860. The van der Waals surface area contributed by atoms with Gasteiger partial charge in [0.1, 0.15) is 0 Å². The van der Waals surface area contributed by atoms with Gasteiger partial charge in [0.25, 0.3) is 0 Å². The van der Waals surface area contributed by atoms with Crippen molar-refractivity contribution in [1.82, 2.24) is 0 Å². The third kappa shape index (κ3) is 4.55. The Hall–Kier alpha value is -0.0800. The Morgan fingerprint density at radius 3 is 2.22 bits per heavy atom. The second-order valence-electron chi connectivity index (χ2n) is 7.05. The smallest absolute Gasteiger partial charge is 0.0687 e. The van der Waals surface area contributed by atoms with Gasteiger partial charge in [-0.05, 0) is 40.5 Å². The Morgan fingerprint density at radius 2 is 1.72 bits per heavy atom. The molecule has 18 heavy (non-hydrogen) atoms. The van der Waals surface area contributed by atoms with E-state index in [-0.39, 0.29) is 23.2 Å². The summed E-state index contributed by atoms with van der Waals surface area (Å²) in [7, 11) is 0. The van der Waals surface area contributed by atoms with Crippen LogP contribution in [-0.2, 0) is 4.74 Å². The van der Waals surface area contributed by atoms with Crippen LogP contribution in [0.4, 0.5) is 0 Å². The van der Waals surface area contributed by atoms with Gasteiger partial charge in [0.05, 0.1) is 17.3 Å². The van der Waals surface area contributed by atoms with Crippen LogP contribution in [0.5, 0.6) is 0 Å². The number of unbranched alkanes of at least 4 members (excludes halogenated alkanes) is 4. The standard InChI is InChI=1S/C16H32O2/c1-6-7-8-9-10-11-14(17)13-12-15(2,3)18-16(13,4)5/h13-14,17H,6-12H2,1-5H3. The molecule has 2 nitrogen and oxygen atoms in total. The molecule has 1 saturated heterocycles. The lowest BCUT2D eigenvalue weighted by Crippen LogP contribution is -2.36. The molecule has 0 amide bonds. The summed E-state index contributed by atoms with van der Waals surface area (Å²) in [5.74, 6) is 0.277. The number of aliphatic hydroxyl groups excluding tert-OH is 1. The van der Waals surface area contributed by atoms with E-state index in [9.17, 15) is 5.11 Å². The molecule has 1 aliphatic rings. The number of hydrogen-bond donors (Lipinski definition) is 1. The number of aliphatic hydroxyl groups is 1. The van der Waals surface area contributed by atoms with Crippen molar-refractivity contribution in [1.29, 1.82) is 0 Å². The molecule has 2 unspecified atom stereocenters. The van der Waals surface area contributed by atoms with Crippen LogP contribution in [-0.4, -0.2) is 22.4 Å². The summed E-state index contributed by atoms with van der Waals surface area (Å²) in [6.45, 7) is 10.7. The molecule has 0 saturated carbocycles. The second-order valence-corrected chi connectivity index (χ2v) is 7.05. The van der Waals surface area contributed by atoms with Gasteiger partial charge < -0.3 is 9.84 Å². The highest BCUT2D eigenvalue weighted by molar-refractivity contribution is 4.97. The van der Waals surface area contributed by atoms with E-state index in [0.29, 0.717) is 0 Å². The zero-order valence-corrected chi connectivity index (χ0v) is 13.0. The number of hydrogen-bond acceptors (Lipinski definition) is 2. The van der Waals surface area contributed by atoms with Crippen LogP contribution < -0.4 is 0 Å². The Kier molecular flexibility index (Phi) is 5.67. The van der Waals surface area contributed by atoms with Gasteiger partial charge in [-0.15, -0.1) is 0 Å². The van der Waals surface area contributed by atoms with E-state index < -0.39 is 0 Å². The third-order valence-electron chi connectivity index (χ3n) is 4.21. The Labute approximate surface area is 113 Å². The predicted molar refractivity (Wildman–Crippen MR) is 76.7 cm³/mol. The molecule has 2 heteroatoms. The summed E-state index contributed by atoms with van der Waals surface area (Å²) in [5, 5.41) is 10.4. The maximum atomic E-state index is 10.4. The van der Waals surface area contributed by atoms with Gasteiger partial charge in [0.2, 0.25) is 0 Å². The summed E-state index contributed by atoms with van der Waals surface area (Å²) in [6, 6.07) is 0. The van der Waals surface area contributed by atoms with Crippen LogP contribution in [0.2, 0.25) is 0 Å². The zero-order valence-electron chi connectivity index (χ0n) is 13.0. The van der Waals surface area contributed by atoms with Gasteiger partial charge >= 0.3 is 0 Å². The van der Waals surface area contributed by atoms with Crippen molar-refractivity contribution in [2.24, 2.45) is 5.92 Å². The first kappa shape index (κ1) is 16.0. The van der Waals surface area contributed by atoms with Gasteiger partial charge in [0.15, 0.2) is 0 Å². The topological polar surface area (TPSA) is 29.5 Å². The highest BCUT2D eigenvalue weighted by Gasteiger charge is 2.48. The second kappa shape index (κ2) is 6.38. The molecule has 1 rings (SSSR count). The lowest BCUT2D eigenvalue weighted by molar-refractivity contribution is -0.0882. The minimum Gasteiger partial charge on any atom is -0.393 e. The molecule has 0 aromatic carbocycles. The summed E-state index contributed by atoms with van der Waals surface area (Å²) in [5.41, 5.74) is -0.274. The normalized spacial score (nSPS) is 27.3. The maximum Gasteiger partial charge on any atom is 0.0687 e. The van der Waals surface area contributed by atoms with E-state index in [1.54, 1.807) is 0 Å². The van der Waals surface area contributed by atoms with Gasteiger partial charge in [-0.2, -0.15) is 0 Å². The van der Waals surface area contributed by atoms with E-state index >= 15 is 0 Å². The quantitative estimate of drug-likeness (QED) is 0.688. The van der Waals surface area contributed by atoms with Crippen LogP contribution in [0.25, 0.3) is 0 Å². The van der Waals surface area contributed by atoms with Crippen LogP contribution in [0.15, 0.2) is 0 Å². The van der Waals surface area contributed by atoms with Crippen LogP contribution in [0, 0.1) is 5.92 Å². The molecule has 2 atom stereocenters. The fraction of sp³-hybridized carbons (Fsp3) is 1.00. The molecule has 0 spiro atoms. The molecular weight excluding hydrogens is 224 g/mol. The van der Waals surface area contributed by atoms with Gasteiger partial charge in [-0.1, -0.05) is 39.0 Å². The molecule has 0 aliphatic carbocycles. The molecule has 0 aromatic rings. The van der Waals surface area contributed by atoms with Crippen molar-refractivity contribution in [2.75, 3.05) is 0 Å². The van der Waals surface area contributed by atoms with Crippen molar-refractivity contribution < 1.29 is 9.84 Å². The Bertz CT molecular complexity index is 245. The number of ether oxygens (including phenoxy) is 1. The van der Waals surface area contributed by atoms with Crippen LogP contribution >= 0.6 is 0 Å². The zero-order chi connectivity index (χ0) is 13.8. The monoisotopic (exact) mass is 256 g/mol. The third-order valence-corrected chi connectivity index (χ3v) is 4.21. The first-order valence-electron chi connectivity index (χ1n) is 7.67. The average molecular weight is 256 g/mol. The fourth-order valence-corrected chi connectivity index (χ4v) is 3.36. The van der Waals surface area contributed by atoms with Crippen molar-refractivity contribution in [3.63, 3.8) is 0 Å². The van der Waals surface area contributed by atoms with Crippen molar-refractivity contribution in [3.8, 4) is 0 Å². The van der Waals surface area contributed by atoms with Crippen molar-refractivity contribution in [2.45, 2.75) is 96.9 Å². The lowest BCUT2D eigenvalue weighted by Gasteiger charge is -2.30. The first-order valence-corrected chi connectivity index (χ1v) is 7.67. The van der Waals surface area contributed by atoms with E-state index in [1.165, 1.54) is 25.7 Å². The van der Waals surface area contributed by atoms with Gasteiger partial charge in [0, 0.05) is 5.92 Å². The largest absolute Gasteiger partial charge is 0.393 e. The van der Waals surface area contributed by atoms with Gasteiger partial charge in [-0.25, -0.2) is 0 Å². The fourth-order valence-electron chi connectivity index (χ4n) is 3.36. The summed E-state index contributed by atoms with van der Waals surface area (Å²) >= 11 is 0. The SMILES string of the molecule is CCCCCCCC(O)C1CC(C)(C)OC1(C)C. The van der Waals surface area contributed by atoms with Crippen LogP contribution in [0.1, 0.15) is 79.6 Å². The van der Waals surface area contributed by atoms with E-state index in [0.717, 1.165) is 19.3 Å². The van der Waals surface area contributed by atoms with Crippen molar-refractivity contribution in [3.05, 3.63) is 0 Å². The minimum atomic E-state index is -0.205. The molecule has 1 N–H and O–H groups in total. The molecule has 1 fully saturated rings. The molecule has 1 heterocycles. The molecule has 0 aromatic heterocycles. The summed E-state index contributed by atoms with van der Waals surface area (Å²) in [6.07, 6.45) is 7.99. The molecule has 0 radical (unpaired) electrons. The maximum absolute atomic E-state index is 10.4. The lowest BCUT2D eigenvalue weighted by atomic mass is 9.81. The molecule has 108 valence electrons. The molecule has 1 aliphatic heterocycles. The van der Waals surface area contributed by atoms with Crippen molar-refractivity contribution >= 4 is 0 Å². The van der Waals surface area contributed by atoms with Crippen LogP contribution in [0.3, 0.4) is 0 Å². The highest BCUT2D eigenvalue weighted by Crippen LogP contribution is 2.44. The Morgan fingerprint density at radius 1 is 1.11 bits per heavy atom.